The topological polar surface area (TPSA) is 56.1 Å². The first-order chi connectivity index (χ1) is 13.2. The van der Waals surface area contributed by atoms with E-state index in [1.165, 1.54) is 24.3 Å². The number of likely N-dealkylation sites (N-methyl/N-ethyl adjacent to an activating group) is 1. The normalized spacial score (nSPS) is 15.4. The Morgan fingerprint density at radius 2 is 1.89 bits per heavy atom. The SMILES string of the molecule is CC1=CC(C)(C)N(C)c2ccc(/C=C(/C#N)C(=O)Nc3ccc(F)cc3)cc21. The van der Waals surface area contributed by atoms with Gasteiger partial charge in [0.2, 0.25) is 0 Å². The molecule has 1 aliphatic heterocycles. The molecular weight excluding hydrogens is 353 g/mol. The number of hydrogen-bond donors (Lipinski definition) is 1. The summed E-state index contributed by atoms with van der Waals surface area (Å²) < 4.78 is 13.0. The van der Waals surface area contributed by atoms with E-state index in [0.717, 1.165) is 22.4 Å². The van der Waals surface area contributed by atoms with Gasteiger partial charge in [-0.3, -0.25) is 4.79 Å². The molecule has 0 radical (unpaired) electrons. The maximum Gasteiger partial charge on any atom is 0.266 e. The van der Waals surface area contributed by atoms with E-state index in [0.29, 0.717) is 5.69 Å². The highest BCUT2D eigenvalue weighted by atomic mass is 19.1. The Hall–Kier alpha value is -3.39. The Labute approximate surface area is 164 Å². The molecule has 3 rings (SSSR count). The smallest absolute Gasteiger partial charge is 0.266 e. The molecule has 28 heavy (non-hydrogen) atoms. The van der Waals surface area contributed by atoms with Crippen LogP contribution in [0.5, 0.6) is 0 Å². The number of rotatable bonds is 3. The van der Waals surface area contributed by atoms with Gasteiger partial charge in [-0.2, -0.15) is 5.26 Å². The molecule has 1 aliphatic rings. The highest BCUT2D eigenvalue weighted by molar-refractivity contribution is 6.09. The Morgan fingerprint density at radius 3 is 2.54 bits per heavy atom. The maximum atomic E-state index is 13.0. The molecule has 5 heteroatoms. The molecule has 0 atom stereocenters. The zero-order chi connectivity index (χ0) is 20.5. The number of hydrogen-bond acceptors (Lipinski definition) is 3. The van der Waals surface area contributed by atoms with Crippen molar-refractivity contribution in [3.8, 4) is 6.07 Å². The summed E-state index contributed by atoms with van der Waals surface area (Å²) in [7, 11) is 2.05. The number of benzene rings is 2. The van der Waals surface area contributed by atoms with Crippen LogP contribution in [0.4, 0.5) is 15.8 Å². The molecule has 1 amide bonds. The second kappa shape index (κ2) is 7.32. The second-order valence-corrected chi connectivity index (χ2v) is 7.45. The number of carbonyl (C=O) groups excluding carboxylic acids is 1. The zero-order valence-corrected chi connectivity index (χ0v) is 16.4. The predicted octanol–water partition coefficient (Wildman–Crippen LogP) is 5.00. The van der Waals surface area contributed by atoms with Gasteiger partial charge in [-0.1, -0.05) is 12.1 Å². The van der Waals surface area contributed by atoms with Crippen molar-refractivity contribution in [3.63, 3.8) is 0 Å². The summed E-state index contributed by atoms with van der Waals surface area (Å²) in [6.07, 6.45) is 3.77. The molecule has 0 saturated heterocycles. The average molecular weight is 375 g/mol. The van der Waals surface area contributed by atoms with E-state index in [4.69, 9.17) is 0 Å². The minimum Gasteiger partial charge on any atom is -0.366 e. The number of nitriles is 1. The van der Waals surface area contributed by atoms with Crippen LogP contribution >= 0.6 is 0 Å². The molecule has 2 aromatic carbocycles. The zero-order valence-electron chi connectivity index (χ0n) is 16.4. The van der Waals surface area contributed by atoms with Gasteiger partial charge in [-0.05, 0) is 74.4 Å². The Balaban J connectivity index is 1.89. The fraction of sp³-hybridized carbons (Fsp3) is 0.217. The highest BCUT2D eigenvalue weighted by Crippen LogP contribution is 2.38. The number of amides is 1. The lowest BCUT2D eigenvalue weighted by Gasteiger charge is -2.40. The highest BCUT2D eigenvalue weighted by Gasteiger charge is 2.28. The third-order valence-corrected chi connectivity index (χ3v) is 5.02. The average Bonchev–Trinajstić information content (AvgIpc) is 2.65. The third kappa shape index (κ3) is 3.81. The molecule has 0 aromatic heterocycles. The van der Waals surface area contributed by atoms with Crippen molar-refractivity contribution < 1.29 is 9.18 Å². The standard InChI is InChI=1S/C23H22FN3O/c1-15-13-23(2,3)27(4)21-10-5-16(12-20(15)21)11-17(14-25)22(28)26-19-8-6-18(24)7-9-19/h5-13H,1-4H3,(H,26,28)/b17-11-. The number of nitrogens with zero attached hydrogens (tertiary/aromatic N) is 2. The van der Waals surface area contributed by atoms with E-state index in [9.17, 15) is 14.4 Å². The van der Waals surface area contributed by atoms with Gasteiger partial charge in [0.15, 0.2) is 0 Å². The molecule has 0 saturated carbocycles. The van der Waals surface area contributed by atoms with Crippen LogP contribution in [-0.2, 0) is 4.79 Å². The van der Waals surface area contributed by atoms with Crippen LogP contribution in [0.3, 0.4) is 0 Å². The molecule has 0 bridgehead atoms. The molecular formula is C23H22FN3O. The lowest BCUT2D eigenvalue weighted by Crippen LogP contribution is -2.42. The largest absolute Gasteiger partial charge is 0.366 e. The van der Waals surface area contributed by atoms with Crippen molar-refractivity contribution in [1.29, 1.82) is 5.26 Å². The molecule has 1 N–H and O–H groups in total. The minimum atomic E-state index is -0.530. The first kappa shape index (κ1) is 19.4. The van der Waals surface area contributed by atoms with Crippen molar-refractivity contribution in [2.75, 3.05) is 17.3 Å². The van der Waals surface area contributed by atoms with Crippen LogP contribution in [0.15, 0.2) is 54.1 Å². The molecule has 0 spiro atoms. The summed E-state index contributed by atoms with van der Waals surface area (Å²) in [5, 5.41) is 12.0. The van der Waals surface area contributed by atoms with E-state index >= 15 is 0 Å². The van der Waals surface area contributed by atoms with Gasteiger partial charge < -0.3 is 10.2 Å². The van der Waals surface area contributed by atoms with Gasteiger partial charge in [0.25, 0.3) is 5.91 Å². The fourth-order valence-corrected chi connectivity index (χ4v) is 3.31. The van der Waals surface area contributed by atoms with Crippen LogP contribution in [-0.4, -0.2) is 18.5 Å². The van der Waals surface area contributed by atoms with Crippen LogP contribution in [0.2, 0.25) is 0 Å². The summed E-state index contributed by atoms with van der Waals surface area (Å²) in [4.78, 5) is 14.6. The van der Waals surface area contributed by atoms with Crippen molar-refractivity contribution in [1.82, 2.24) is 0 Å². The molecule has 0 aliphatic carbocycles. The van der Waals surface area contributed by atoms with Crippen molar-refractivity contribution in [2.45, 2.75) is 26.3 Å². The van der Waals surface area contributed by atoms with Crippen LogP contribution in [0.25, 0.3) is 11.6 Å². The molecule has 1 heterocycles. The number of nitrogens with one attached hydrogen (secondary N) is 1. The van der Waals surface area contributed by atoms with Gasteiger partial charge in [0.1, 0.15) is 17.5 Å². The van der Waals surface area contributed by atoms with Gasteiger partial charge in [0, 0.05) is 24.0 Å². The van der Waals surface area contributed by atoms with Crippen LogP contribution in [0.1, 0.15) is 31.9 Å². The first-order valence-electron chi connectivity index (χ1n) is 8.98. The Kier molecular flexibility index (Phi) is 5.06. The van der Waals surface area contributed by atoms with Crippen molar-refractivity contribution in [2.24, 2.45) is 0 Å². The molecule has 2 aromatic rings. The predicted molar refractivity (Wildman–Crippen MR) is 111 cm³/mol. The van der Waals surface area contributed by atoms with Gasteiger partial charge in [0.05, 0.1) is 5.54 Å². The van der Waals surface area contributed by atoms with Gasteiger partial charge in [-0.15, -0.1) is 0 Å². The fourth-order valence-electron chi connectivity index (χ4n) is 3.31. The maximum absolute atomic E-state index is 13.0. The lowest BCUT2D eigenvalue weighted by atomic mass is 9.88. The van der Waals surface area contributed by atoms with Crippen molar-refractivity contribution >= 4 is 28.9 Å². The van der Waals surface area contributed by atoms with E-state index in [-0.39, 0.29) is 16.9 Å². The molecule has 4 nitrogen and oxygen atoms in total. The van der Waals surface area contributed by atoms with Crippen LogP contribution < -0.4 is 10.2 Å². The summed E-state index contributed by atoms with van der Waals surface area (Å²) >= 11 is 0. The lowest BCUT2D eigenvalue weighted by molar-refractivity contribution is -0.112. The Bertz CT molecular complexity index is 1030. The summed E-state index contributed by atoms with van der Waals surface area (Å²) in [5.74, 6) is -0.919. The summed E-state index contributed by atoms with van der Waals surface area (Å²) in [6.45, 7) is 6.37. The monoisotopic (exact) mass is 375 g/mol. The number of anilines is 2. The van der Waals surface area contributed by atoms with Crippen LogP contribution in [0, 0.1) is 17.1 Å². The second-order valence-electron chi connectivity index (χ2n) is 7.45. The summed E-state index contributed by atoms with van der Waals surface area (Å²) in [6, 6.07) is 13.2. The van der Waals surface area contributed by atoms with Gasteiger partial charge >= 0.3 is 0 Å². The quantitative estimate of drug-likeness (QED) is 0.606. The van der Waals surface area contributed by atoms with E-state index in [1.54, 1.807) is 6.08 Å². The third-order valence-electron chi connectivity index (χ3n) is 5.02. The van der Waals surface area contributed by atoms with Gasteiger partial charge in [-0.25, -0.2) is 4.39 Å². The first-order valence-corrected chi connectivity index (χ1v) is 8.98. The van der Waals surface area contributed by atoms with E-state index in [2.05, 4.69) is 37.1 Å². The van der Waals surface area contributed by atoms with Crippen molar-refractivity contribution in [3.05, 3.63) is 71.1 Å². The molecule has 142 valence electrons. The van der Waals surface area contributed by atoms with E-state index in [1.807, 2.05) is 31.3 Å². The minimum absolute atomic E-state index is 0.0181. The molecule has 0 unspecified atom stereocenters. The number of allylic oxidation sites excluding steroid dienone is 1. The number of halogens is 1. The Morgan fingerprint density at radius 1 is 1.21 bits per heavy atom. The summed E-state index contributed by atoms with van der Waals surface area (Å²) in [5.41, 5.74) is 4.44. The van der Waals surface area contributed by atoms with E-state index < -0.39 is 5.91 Å². The number of carbonyl (C=O) groups is 1. The molecule has 0 fully saturated rings. The number of fused-ring (bicyclic) bond motifs is 1.